The van der Waals surface area contributed by atoms with Gasteiger partial charge in [0.15, 0.2) is 6.29 Å². The van der Waals surface area contributed by atoms with Crippen LogP contribution in [0.25, 0.3) is 11.3 Å². The van der Waals surface area contributed by atoms with E-state index >= 15 is 0 Å². The Morgan fingerprint density at radius 3 is 2.85 bits per heavy atom. The fourth-order valence-corrected chi connectivity index (χ4v) is 2.17. The van der Waals surface area contributed by atoms with Gasteiger partial charge in [-0.2, -0.15) is 5.10 Å². The van der Waals surface area contributed by atoms with Crippen LogP contribution in [0.4, 0.5) is 0 Å². The number of nitrogens with one attached hydrogen (secondary N) is 1. The third-order valence-electron chi connectivity index (χ3n) is 3.55. The lowest BCUT2D eigenvalue weighted by Gasteiger charge is -2.14. The van der Waals surface area contributed by atoms with Gasteiger partial charge < -0.3 is 4.74 Å². The highest BCUT2D eigenvalue weighted by Crippen LogP contribution is 2.34. The molecule has 0 aliphatic carbocycles. The van der Waals surface area contributed by atoms with Crippen molar-refractivity contribution in [2.24, 2.45) is 0 Å². The predicted octanol–water partition coefficient (Wildman–Crippen LogP) is 3.80. The number of hydrogen-bond donors (Lipinski definition) is 1. The van der Waals surface area contributed by atoms with Crippen LogP contribution in [-0.4, -0.2) is 23.1 Å². The third-order valence-corrected chi connectivity index (χ3v) is 3.55. The molecule has 0 spiro atoms. The Balaban J connectivity index is 2.54. The van der Waals surface area contributed by atoms with Crippen LogP contribution < -0.4 is 4.74 Å². The standard InChI is InChI=1S/C16H20N2O2/c1-4-11(3)12-6-7-15(20-5-2)14(8-12)16-13(10-19)9-17-18-16/h6-11H,4-5H2,1-3H3,(H,17,18). The average Bonchev–Trinajstić information content (AvgIpc) is 2.95. The van der Waals surface area contributed by atoms with Gasteiger partial charge in [0.25, 0.3) is 0 Å². The minimum absolute atomic E-state index is 0.465. The van der Waals surface area contributed by atoms with Gasteiger partial charge >= 0.3 is 0 Å². The lowest BCUT2D eigenvalue weighted by Crippen LogP contribution is -1.98. The molecule has 1 N–H and O–H groups in total. The van der Waals surface area contributed by atoms with Crippen LogP contribution in [0.2, 0.25) is 0 Å². The quantitative estimate of drug-likeness (QED) is 0.814. The van der Waals surface area contributed by atoms with E-state index in [4.69, 9.17) is 4.74 Å². The molecule has 0 saturated heterocycles. The van der Waals surface area contributed by atoms with Crippen molar-refractivity contribution in [2.75, 3.05) is 6.61 Å². The Morgan fingerprint density at radius 2 is 2.20 bits per heavy atom. The predicted molar refractivity (Wildman–Crippen MR) is 79.3 cm³/mol. The molecule has 1 aromatic heterocycles. The maximum atomic E-state index is 11.1. The number of aromatic nitrogens is 2. The van der Waals surface area contributed by atoms with Crippen LogP contribution in [-0.2, 0) is 0 Å². The average molecular weight is 272 g/mol. The summed E-state index contributed by atoms with van der Waals surface area (Å²) >= 11 is 0. The summed E-state index contributed by atoms with van der Waals surface area (Å²) in [4.78, 5) is 11.1. The van der Waals surface area contributed by atoms with E-state index in [0.29, 0.717) is 23.8 Å². The zero-order valence-corrected chi connectivity index (χ0v) is 12.1. The second-order valence-electron chi connectivity index (χ2n) is 4.82. The fourth-order valence-electron chi connectivity index (χ4n) is 2.17. The van der Waals surface area contributed by atoms with Gasteiger partial charge in [0.2, 0.25) is 0 Å². The first-order valence-corrected chi connectivity index (χ1v) is 6.96. The smallest absolute Gasteiger partial charge is 0.153 e. The molecule has 1 atom stereocenters. The molecule has 0 saturated carbocycles. The largest absolute Gasteiger partial charge is 0.493 e. The Bertz CT molecular complexity index is 590. The molecule has 4 nitrogen and oxygen atoms in total. The highest BCUT2D eigenvalue weighted by atomic mass is 16.5. The van der Waals surface area contributed by atoms with E-state index in [0.717, 1.165) is 24.0 Å². The van der Waals surface area contributed by atoms with Crippen molar-refractivity contribution < 1.29 is 9.53 Å². The molecule has 20 heavy (non-hydrogen) atoms. The van der Waals surface area contributed by atoms with E-state index < -0.39 is 0 Å². The molecular weight excluding hydrogens is 252 g/mol. The van der Waals surface area contributed by atoms with Gasteiger partial charge in [0.1, 0.15) is 5.75 Å². The van der Waals surface area contributed by atoms with Gasteiger partial charge in [-0.1, -0.05) is 19.9 Å². The molecular formula is C16H20N2O2. The molecule has 4 heteroatoms. The number of aldehydes is 1. The number of H-pyrrole nitrogens is 1. The first-order chi connectivity index (χ1) is 9.71. The number of aromatic amines is 1. The number of nitrogens with zero attached hydrogens (tertiary/aromatic N) is 1. The van der Waals surface area contributed by atoms with E-state index in [-0.39, 0.29) is 0 Å². The number of carbonyl (C=O) groups excluding carboxylic acids is 1. The summed E-state index contributed by atoms with van der Waals surface area (Å²) < 4.78 is 5.66. The second-order valence-corrected chi connectivity index (χ2v) is 4.82. The van der Waals surface area contributed by atoms with Gasteiger partial charge in [-0.05, 0) is 37.0 Å². The second kappa shape index (κ2) is 6.37. The van der Waals surface area contributed by atoms with Crippen LogP contribution in [0.1, 0.15) is 49.0 Å². The highest BCUT2D eigenvalue weighted by Gasteiger charge is 2.15. The normalized spacial score (nSPS) is 12.2. The van der Waals surface area contributed by atoms with Crippen molar-refractivity contribution in [1.29, 1.82) is 0 Å². The zero-order chi connectivity index (χ0) is 14.5. The van der Waals surface area contributed by atoms with Crippen LogP contribution in [0.15, 0.2) is 24.4 Å². The molecule has 2 aromatic rings. The van der Waals surface area contributed by atoms with Crippen molar-refractivity contribution in [3.8, 4) is 17.0 Å². The third kappa shape index (κ3) is 2.74. The van der Waals surface area contributed by atoms with Crippen LogP contribution >= 0.6 is 0 Å². The summed E-state index contributed by atoms with van der Waals surface area (Å²) in [6.45, 7) is 6.88. The Morgan fingerprint density at radius 1 is 1.40 bits per heavy atom. The molecule has 0 aliphatic heterocycles. The van der Waals surface area contributed by atoms with Crippen molar-refractivity contribution in [3.05, 3.63) is 35.5 Å². The van der Waals surface area contributed by atoms with E-state index in [1.54, 1.807) is 0 Å². The van der Waals surface area contributed by atoms with E-state index in [9.17, 15) is 4.79 Å². The van der Waals surface area contributed by atoms with Gasteiger partial charge in [0, 0.05) is 5.56 Å². The van der Waals surface area contributed by atoms with Gasteiger partial charge in [-0.15, -0.1) is 0 Å². The molecule has 0 aliphatic rings. The van der Waals surface area contributed by atoms with E-state index in [2.05, 4.69) is 36.2 Å². The zero-order valence-electron chi connectivity index (χ0n) is 12.1. The summed E-state index contributed by atoms with van der Waals surface area (Å²) in [5.74, 6) is 1.24. The first kappa shape index (κ1) is 14.3. The van der Waals surface area contributed by atoms with Gasteiger partial charge in [0.05, 0.1) is 24.1 Å². The van der Waals surface area contributed by atoms with E-state index in [1.165, 1.54) is 11.8 Å². The molecule has 1 aromatic carbocycles. The lowest BCUT2D eigenvalue weighted by molar-refractivity contribution is 0.112. The Labute approximate surface area is 119 Å². The summed E-state index contributed by atoms with van der Waals surface area (Å²) in [6.07, 6.45) is 3.41. The summed E-state index contributed by atoms with van der Waals surface area (Å²) in [5.41, 5.74) is 3.39. The molecule has 0 bridgehead atoms. The molecule has 0 amide bonds. The monoisotopic (exact) mass is 272 g/mol. The van der Waals surface area contributed by atoms with Crippen LogP contribution in [0, 0.1) is 0 Å². The number of benzene rings is 1. The minimum atomic E-state index is 0.465. The molecule has 0 fully saturated rings. The van der Waals surface area contributed by atoms with E-state index in [1.807, 2.05) is 13.0 Å². The van der Waals surface area contributed by atoms with Gasteiger partial charge in [-0.25, -0.2) is 0 Å². The van der Waals surface area contributed by atoms with Crippen molar-refractivity contribution >= 4 is 6.29 Å². The van der Waals surface area contributed by atoms with Gasteiger partial charge in [-0.3, -0.25) is 9.89 Å². The number of carbonyl (C=O) groups is 1. The maximum Gasteiger partial charge on any atom is 0.153 e. The molecule has 0 radical (unpaired) electrons. The SMILES string of the molecule is CCOc1ccc(C(C)CC)cc1-c1[nH]ncc1C=O. The molecule has 2 rings (SSSR count). The number of hydrogen-bond acceptors (Lipinski definition) is 3. The molecule has 106 valence electrons. The Hall–Kier alpha value is -2.10. The van der Waals surface area contributed by atoms with Crippen LogP contribution in [0.3, 0.4) is 0 Å². The van der Waals surface area contributed by atoms with Crippen LogP contribution in [0.5, 0.6) is 5.75 Å². The number of ether oxygens (including phenoxy) is 1. The van der Waals surface area contributed by atoms with Crippen molar-refractivity contribution in [3.63, 3.8) is 0 Å². The summed E-state index contributed by atoms with van der Waals surface area (Å²) in [7, 11) is 0. The first-order valence-electron chi connectivity index (χ1n) is 6.96. The lowest BCUT2D eigenvalue weighted by atomic mass is 9.95. The number of rotatable bonds is 6. The summed E-state index contributed by atoms with van der Waals surface area (Å²) in [6, 6.07) is 6.13. The molecule has 1 unspecified atom stereocenters. The fraction of sp³-hybridized carbons (Fsp3) is 0.375. The van der Waals surface area contributed by atoms with Crippen molar-refractivity contribution in [1.82, 2.24) is 10.2 Å². The summed E-state index contributed by atoms with van der Waals surface area (Å²) in [5, 5.41) is 6.85. The van der Waals surface area contributed by atoms with Crippen molar-refractivity contribution in [2.45, 2.75) is 33.1 Å². The maximum absolute atomic E-state index is 11.1. The topological polar surface area (TPSA) is 55.0 Å². The highest BCUT2D eigenvalue weighted by molar-refractivity contribution is 5.87. The Kier molecular flexibility index (Phi) is 4.56. The molecule has 1 heterocycles. The minimum Gasteiger partial charge on any atom is -0.493 e.